The van der Waals surface area contributed by atoms with Crippen molar-refractivity contribution in [2.45, 2.75) is 20.3 Å². The monoisotopic (exact) mass is 272 g/mol. The number of anilines is 1. The van der Waals surface area contributed by atoms with Crippen molar-refractivity contribution in [1.29, 1.82) is 0 Å². The molecule has 0 aliphatic rings. The van der Waals surface area contributed by atoms with Crippen LogP contribution in [0.4, 0.5) is 5.69 Å². The number of aryl methyl sites for hydroxylation is 1. The third-order valence-corrected chi connectivity index (χ3v) is 3.31. The van der Waals surface area contributed by atoms with Gasteiger partial charge in [0, 0.05) is 36.3 Å². The molecule has 5 heteroatoms. The maximum atomic E-state index is 8.64. The van der Waals surface area contributed by atoms with E-state index in [1.807, 2.05) is 25.1 Å². The van der Waals surface area contributed by atoms with Gasteiger partial charge in [-0.3, -0.25) is 4.98 Å². The number of benzene rings is 1. The molecule has 0 saturated heterocycles. The van der Waals surface area contributed by atoms with E-state index in [0.29, 0.717) is 13.0 Å². The standard InChI is InChI=1S/C15H20N4O/c1-3-19(9-8-15(16)18-20)14-10-11(2)17-13-7-5-4-6-12(13)14/h4-7,10,20H,3,8-9H2,1-2H3,(H2,16,18). The number of rotatable bonds is 5. The lowest BCUT2D eigenvalue weighted by Crippen LogP contribution is -2.28. The van der Waals surface area contributed by atoms with E-state index in [9.17, 15) is 0 Å². The first-order chi connectivity index (χ1) is 9.65. The quantitative estimate of drug-likeness (QED) is 0.379. The first-order valence-corrected chi connectivity index (χ1v) is 6.73. The number of hydrogen-bond acceptors (Lipinski definition) is 4. The van der Waals surface area contributed by atoms with E-state index < -0.39 is 0 Å². The molecule has 2 rings (SSSR count). The average molecular weight is 272 g/mol. The predicted octanol–water partition coefficient (Wildman–Crippen LogP) is 2.51. The van der Waals surface area contributed by atoms with Gasteiger partial charge in [-0.05, 0) is 26.0 Å². The first kappa shape index (κ1) is 14.1. The molecular formula is C15H20N4O. The van der Waals surface area contributed by atoms with Gasteiger partial charge in [0.05, 0.1) is 5.52 Å². The highest BCUT2D eigenvalue weighted by molar-refractivity contribution is 5.92. The highest BCUT2D eigenvalue weighted by atomic mass is 16.4. The third kappa shape index (κ3) is 2.99. The number of nitrogens with two attached hydrogens (primary N) is 1. The summed E-state index contributed by atoms with van der Waals surface area (Å²) in [5.74, 6) is 0.249. The number of aromatic nitrogens is 1. The van der Waals surface area contributed by atoms with E-state index in [2.05, 4.69) is 34.1 Å². The first-order valence-electron chi connectivity index (χ1n) is 6.73. The van der Waals surface area contributed by atoms with Crippen molar-refractivity contribution >= 4 is 22.4 Å². The molecule has 3 N–H and O–H groups in total. The summed E-state index contributed by atoms with van der Waals surface area (Å²) in [5, 5.41) is 12.8. The number of fused-ring (bicyclic) bond motifs is 1. The van der Waals surface area contributed by atoms with Gasteiger partial charge in [-0.25, -0.2) is 0 Å². The number of amidine groups is 1. The van der Waals surface area contributed by atoms with Crippen LogP contribution in [0.25, 0.3) is 10.9 Å². The summed E-state index contributed by atoms with van der Waals surface area (Å²) < 4.78 is 0. The Morgan fingerprint density at radius 2 is 2.15 bits per heavy atom. The minimum atomic E-state index is 0.249. The molecule has 0 unspecified atom stereocenters. The van der Waals surface area contributed by atoms with Crippen molar-refractivity contribution < 1.29 is 5.21 Å². The van der Waals surface area contributed by atoms with Crippen molar-refractivity contribution in [2.75, 3.05) is 18.0 Å². The fraction of sp³-hybridized carbons (Fsp3) is 0.333. The summed E-state index contributed by atoms with van der Waals surface area (Å²) in [6, 6.07) is 10.2. The summed E-state index contributed by atoms with van der Waals surface area (Å²) >= 11 is 0. The van der Waals surface area contributed by atoms with Gasteiger partial charge in [-0.15, -0.1) is 0 Å². The van der Waals surface area contributed by atoms with Crippen LogP contribution in [0.5, 0.6) is 0 Å². The van der Waals surface area contributed by atoms with E-state index in [1.165, 1.54) is 0 Å². The summed E-state index contributed by atoms with van der Waals surface area (Å²) in [6.45, 7) is 5.65. The van der Waals surface area contributed by atoms with Gasteiger partial charge in [0.1, 0.15) is 5.84 Å². The van der Waals surface area contributed by atoms with E-state index >= 15 is 0 Å². The van der Waals surface area contributed by atoms with Crippen LogP contribution >= 0.6 is 0 Å². The van der Waals surface area contributed by atoms with Gasteiger partial charge in [-0.1, -0.05) is 23.4 Å². The average Bonchev–Trinajstić information content (AvgIpc) is 2.47. The molecule has 0 amide bonds. The molecule has 0 spiro atoms. The lowest BCUT2D eigenvalue weighted by molar-refractivity contribution is 0.317. The number of hydrogen-bond donors (Lipinski definition) is 2. The van der Waals surface area contributed by atoms with Gasteiger partial charge in [0.25, 0.3) is 0 Å². The van der Waals surface area contributed by atoms with Crippen LogP contribution in [0.15, 0.2) is 35.5 Å². The largest absolute Gasteiger partial charge is 0.409 e. The Bertz CT molecular complexity index is 624. The zero-order chi connectivity index (χ0) is 14.5. The van der Waals surface area contributed by atoms with Crippen molar-refractivity contribution in [3.8, 4) is 0 Å². The van der Waals surface area contributed by atoms with E-state index in [1.54, 1.807) is 0 Å². The zero-order valence-electron chi connectivity index (χ0n) is 11.9. The summed E-state index contributed by atoms with van der Waals surface area (Å²) in [7, 11) is 0. The number of pyridine rings is 1. The topological polar surface area (TPSA) is 74.7 Å². The minimum Gasteiger partial charge on any atom is -0.409 e. The SMILES string of the molecule is CCN(CCC(N)=NO)c1cc(C)nc2ccccc12. The molecule has 0 bridgehead atoms. The van der Waals surface area contributed by atoms with E-state index in [-0.39, 0.29) is 5.84 Å². The molecule has 5 nitrogen and oxygen atoms in total. The van der Waals surface area contributed by atoms with Crippen LogP contribution in [0, 0.1) is 6.92 Å². The third-order valence-electron chi connectivity index (χ3n) is 3.31. The Labute approximate surface area is 118 Å². The number of para-hydroxylation sites is 1. The molecule has 0 radical (unpaired) electrons. The van der Waals surface area contributed by atoms with Crippen LogP contribution in [-0.2, 0) is 0 Å². The Balaban J connectivity index is 2.38. The fourth-order valence-corrected chi connectivity index (χ4v) is 2.30. The Hall–Kier alpha value is -2.30. The van der Waals surface area contributed by atoms with E-state index in [0.717, 1.165) is 28.8 Å². The van der Waals surface area contributed by atoms with Gasteiger partial charge < -0.3 is 15.8 Å². The molecule has 1 aromatic heterocycles. The molecule has 0 fully saturated rings. The molecule has 1 heterocycles. The van der Waals surface area contributed by atoms with Crippen molar-refractivity contribution in [3.05, 3.63) is 36.0 Å². The predicted molar refractivity (Wildman–Crippen MR) is 82.4 cm³/mol. The summed E-state index contributed by atoms with van der Waals surface area (Å²) in [4.78, 5) is 6.77. The summed E-state index contributed by atoms with van der Waals surface area (Å²) in [5.41, 5.74) is 8.68. The molecule has 2 aromatic rings. The highest BCUT2D eigenvalue weighted by Crippen LogP contribution is 2.26. The van der Waals surface area contributed by atoms with Crippen LogP contribution in [0.3, 0.4) is 0 Å². The molecule has 106 valence electrons. The van der Waals surface area contributed by atoms with Crippen LogP contribution in [0.2, 0.25) is 0 Å². The van der Waals surface area contributed by atoms with Crippen molar-refractivity contribution in [1.82, 2.24) is 4.98 Å². The van der Waals surface area contributed by atoms with Crippen molar-refractivity contribution in [3.63, 3.8) is 0 Å². The lowest BCUT2D eigenvalue weighted by atomic mass is 10.1. The smallest absolute Gasteiger partial charge is 0.140 e. The van der Waals surface area contributed by atoms with Gasteiger partial charge in [0.15, 0.2) is 0 Å². The van der Waals surface area contributed by atoms with Gasteiger partial charge in [-0.2, -0.15) is 0 Å². The molecule has 0 aliphatic carbocycles. The van der Waals surface area contributed by atoms with E-state index in [4.69, 9.17) is 10.9 Å². The Morgan fingerprint density at radius 3 is 2.85 bits per heavy atom. The Morgan fingerprint density at radius 1 is 1.40 bits per heavy atom. The zero-order valence-corrected chi connectivity index (χ0v) is 11.9. The second-order valence-electron chi connectivity index (χ2n) is 4.72. The molecule has 20 heavy (non-hydrogen) atoms. The molecular weight excluding hydrogens is 252 g/mol. The molecule has 0 atom stereocenters. The number of nitrogens with zero attached hydrogens (tertiary/aromatic N) is 3. The second-order valence-corrected chi connectivity index (χ2v) is 4.72. The van der Waals surface area contributed by atoms with Gasteiger partial charge >= 0.3 is 0 Å². The van der Waals surface area contributed by atoms with Crippen LogP contribution in [-0.4, -0.2) is 29.1 Å². The molecule has 0 aliphatic heterocycles. The van der Waals surface area contributed by atoms with Crippen LogP contribution in [0.1, 0.15) is 19.0 Å². The molecule has 0 saturated carbocycles. The van der Waals surface area contributed by atoms with Crippen molar-refractivity contribution in [2.24, 2.45) is 10.9 Å². The maximum Gasteiger partial charge on any atom is 0.140 e. The minimum absolute atomic E-state index is 0.249. The number of oxime groups is 1. The Kier molecular flexibility index (Phi) is 4.40. The summed E-state index contributed by atoms with van der Waals surface area (Å²) in [6.07, 6.45) is 0.528. The van der Waals surface area contributed by atoms with Gasteiger partial charge in [0.2, 0.25) is 0 Å². The normalized spacial score (nSPS) is 11.8. The van der Waals surface area contributed by atoms with Crippen LogP contribution < -0.4 is 10.6 Å². The molecule has 1 aromatic carbocycles. The highest BCUT2D eigenvalue weighted by Gasteiger charge is 2.10. The second kappa shape index (κ2) is 6.23. The maximum absolute atomic E-state index is 8.64. The fourth-order valence-electron chi connectivity index (χ4n) is 2.30. The lowest BCUT2D eigenvalue weighted by Gasteiger charge is -2.24.